The van der Waals surface area contributed by atoms with E-state index in [9.17, 15) is 9.90 Å². The monoisotopic (exact) mass is 509 g/mol. The Balaban J connectivity index is 0.000000549. The van der Waals surface area contributed by atoms with Crippen molar-refractivity contribution in [1.29, 1.82) is 0 Å². The smallest absolute Gasteiger partial charge is 0.304 e. The van der Waals surface area contributed by atoms with Crippen LogP contribution in [0.15, 0.2) is 28.7 Å². The predicted molar refractivity (Wildman–Crippen MR) is 149 cm³/mol. The summed E-state index contributed by atoms with van der Waals surface area (Å²) in [6, 6.07) is 7.02. The summed E-state index contributed by atoms with van der Waals surface area (Å²) in [7, 11) is 0. The van der Waals surface area contributed by atoms with Crippen LogP contribution in [0.2, 0.25) is 0 Å². The first-order chi connectivity index (χ1) is 16.9. The SMILES string of the molecule is CCCCCCCCN.CCCCCCCCN.O=C(O)CC(C(O)=S)c1nc2ccccc2o1. The Bertz CT molecular complexity index is 739. The van der Waals surface area contributed by atoms with Gasteiger partial charge in [0.15, 0.2) is 10.6 Å². The largest absolute Gasteiger partial charge is 0.501 e. The molecular weight excluding hydrogens is 462 g/mol. The number of fused-ring (bicyclic) bond motifs is 1. The topological polar surface area (TPSA) is 136 Å². The number of carboxylic acid groups (broad SMARTS) is 1. The summed E-state index contributed by atoms with van der Waals surface area (Å²) in [5.41, 5.74) is 11.8. The number of nitrogens with zero attached hydrogens (tertiary/aromatic N) is 1. The van der Waals surface area contributed by atoms with Gasteiger partial charge >= 0.3 is 5.97 Å². The van der Waals surface area contributed by atoms with Crippen LogP contribution in [0, 0.1) is 0 Å². The first-order valence-corrected chi connectivity index (χ1v) is 13.5. The normalized spacial score (nSPS) is 11.2. The van der Waals surface area contributed by atoms with E-state index < -0.39 is 16.9 Å². The Morgan fingerprint density at radius 1 is 0.886 bits per heavy atom. The number of unbranched alkanes of at least 4 members (excludes halogenated alkanes) is 10. The third kappa shape index (κ3) is 17.1. The van der Waals surface area contributed by atoms with E-state index in [0.717, 1.165) is 13.1 Å². The molecule has 0 saturated heterocycles. The maximum Gasteiger partial charge on any atom is 0.304 e. The van der Waals surface area contributed by atoms with Gasteiger partial charge in [0.05, 0.1) is 6.42 Å². The van der Waals surface area contributed by atoms with E-state index >= 15 is 0 Å². The fourth-order valence-corrected chi connectivity index (χ4v) is 3.53. The molecule has 1 aromatic heterocycles. The summed E-state index contributed by atoms with van der Waals surface area (Å²) in [5.74, 6) is -1.84. The Kier molecular flexibility index (Phi) is 21.1. The Labute approximate surface area is 216 Å². The summed E-state index contributed by atoms with van der Waals surface area (Å²) in [5, 5.41) is 17.6. The van der Waals surface area contributed by atoms with Crippen LogP contribution in [0.3, 0.4) is 0 Å². The zero-order valence-corrected chi connectivity index (χ0v) is 22.5. The second-order valence-corrected chi connectivity index (χ2v) is 9.04. The number of oxazole rings is 1. The van der Waals surface area contributed by atoms with Crippen molar-refractivity contribution in [3.05, 3.63) is 30.2 Å². The molecule has 2 rings (SSSR count). The summed E-state index contributed by atoms with van der Waals surface area (Å²) in [6.45, 7) is 6.21. The van der Waals surface area contributed by atoms with Gasteiger partial charge in [0.25, 0.3) is 0 Å². The van der Waals surface area contributed by atoms with Crippen molar-refractivity contribution in [2.45, 2.75) is 103 Å². The van der Waals surface area contributed by atoms with Gasteiger partial charge in [-0.1, -0.05) is 90.2 Å². The quantitative estimate of drug-likeness (QED) is 0.142. The number of aromatic nitrogens is 1. The predicted octanol–water partition coefficient (Wildman–Crippen LogP) is 6.88. The lowest BCUT2D eigenvalue weighted by Crippen LogP contribution is -2.14. The number of aliphatic carboxylic acids is 1. The number of nitrogens with two attached hydrogens (primary N) is 2. The fourth-order valence-electron chi connectivity index (χ4n) is 3.34. The molecule has 1 aromatic carbocycles. The molecular formula is C27H47N3O4S. The maximum absolute atomic E-state index is 10.7. The highest BCUT2D eigenvalue weighted by Gasteiger charge is 2.25. The molecule has 200 valence electrons. The molecule has 35 heavy (non-hydrogen) atoms. The lowest BCUT2D eigenvalue weighted by Gasteiger charge is -2.06. The minimum absolute atomic E-state index is 0.126. The second-order valence-electron chi connectivity index (χ2n) is 8.62. The van der Waals surface area contributed by atoms with Gasteiger partial charge in [-0.2, -0.15) is 0 Å². The lowest BCUT2D eigenvalue weighted by molar-refractivity contribution is -0.137. The molecule has 0 saturated carbocycles. The highest BCUT2D eigenvalue weighted by molar-refractivity contribution is 7.80. The van der Waals surface area contributed by atoms with Crippen LogP contribution in [0.1, 0.15) is 109 Å². The van der Waals surface area contributed by atoms with E-state index in [4.69, 9.17) is 21.0 Å². The van der Waals surface area contributed by atoms with Crippen molar-refractivity contribution in [2.75, 3.05) is 13.1 Å². The summed E-state index contributed by atoms with van der Waals surface area (Å²) in [4.78, 5) is 14.8. The molecule has 0 aliphatic carbocycles. The Morgan fingerprint density at radius 3 is 1.80 bits per heavy atom. The summed E-state index contributed by atoms with van der Waals surface area (Å²) in [6.07, 6.45) is 15.8. The van der Waals surface area contributed by atoms with Crippen LogP contribution in [-0.4, -0.2) is 39.3 Å². The van der Waals surface area contributed by atoms with Crippen LogP contribution in [0.25, 0.3) is 11.1 Å². The molecule has 1 heterocycles. The minimum atomic E-state index is -1.08. The van der Waals surface area contributed by atoms with Crippen molar-refractivity contribution < 1.29 is 19.4 Å². The number of carboxylic acids is 1. The van der Waals surface area contributed by atoms with E-state index in [1.165, 1.54) is 77.0 Å². The molecule has 0 aliphatic rings. The van der Waals surface area contributed by atoms with E-state index in [2.05, 4.69) is 31.0 Å². The molecule has 8 heteroatoms. The van der Waals surface area contributed by atoms with E-state index in [1.807, 2.05) is 0 Å². The Hall–Kier alpha value is -2.03. The van der Waals surface area contributed by atoms with Crippen molar-refractivity contribution in [1.82, 2.24) is 4.98 Å². The highest BCUT2D eigenvalue weighted by Crippen LogP contribution is 2.24. The van der Waals surface area contributed by atoms with Crippen LogP contribution in [0.4, 0.5) is 0 Å². The minimum Gasteiger partial charge on any atom is -0.501 e. The molecule has 7 nitrogen and oxygen atoms in total. The van der Waals surface area contributed by atoms with E-state index in [1.54, 1.807) is 24.3 Å². The number of hydrogen-bond acceptors (Lipinski definition) is 6. The van der Waals surface area contributed by atoms with Gasteiger partial charge in [-0.05, 0) is 50.3 Å². The average Bonchev–Trinajstić information content (AvgIpc) is 3.27. The highest BCUT2D eigenvalue weighted by atomic mass is 32.1. The molecule has 0 spiro atoms. The average molecular weight is 510 g/mol. The van der Waals surface area contributed by atoms with Crippen molar-refractivity contribution in [2.24, 2.45) is 11.5 Å². The fraction of sp³-hybridized carbons (Fsp3) is 0.667. The molecule has 0 amide bonds. The van der Waals surface area contributed by atoms with E-state index in [-0.39, 0.29) is 12.3 Å². The van der Waals surface area contributed by atoms with Crippen LogP contribution < -0.4 is 11.5 Å². The number of para-hydroxylation sites is 2. The van der Waals surface area contributed by atoms with Crippen molar-refractivity contribution >= 4 is 34.3 Å². The van der Waals surface area contributed by atoms with Crippen LogP contribution in [-0.2, 0) is 4.79 Å². The van der Waals surface area contributed by atoms with Gasteiger partial charge in [0, 0.05) is 0 Å². The van der Waals surface area contributed by atoms with Gasteiger partial charge in [-0.15, -0.1) is 0 Å². The zero-order valence-electron chi connectivity index (χ0n) is 21.7. The first-order valence-electron chi connectivity index (χ1n) is 13.1. The number of aliphatic hydroxyl groups is 1. The first kappa shape index (κ1) is 33.0. The number of hydrogen-bond donors (Lipinski definition) is 4. The third-order valence-electron chi connectivity index (χ3n) is 5.40. The zero-order chi connectivity index (χ0) is 26.3. The molecule has 0 fully saturated rings. The van der Waals surface area contributed by atoms with Crippen molar-refractivity contribution in [3.8, 4) is 0 Å². The summed E-state index contributed by atoms with van der Waals surface area (Å²) >= 11 is 4.61. The molecule has 0 radical (unpaired) electrons. The lowest BCUT2D eigenvalue weighted by atomic mass is 10.1. The number of thiocarbonyl (C=S) groups is 1. The van der Waals surface area contributed by atoms with Crippen LogP contribution >= 0.6 is 12.2 Å². The summed E-state index contributed by atoms with van der Waals surface area (Å²) < 4.78 is 5.37. The molecule has 1 atom stereocenters. The van der Waals surface area contributed by atoms with Gasteiger partial charge in [-0.25, -0.2) is 4.98 Å². The maximum atomic E-state index is 10.7. The molecule has 2 aromatic rings. The number of carbonyl (C=O) groups is 1. The Morgan fingerprint density at radius 2 is 1.37 bits per heavy atom. The number of rotatable bonds is 16. The molecule has 0 bridgehead atoms. The molecule has 6 N–H and O–H groups in total. The number of aliphatic hydroxyl groups excluding tert-OH is 1. The molecule has 0 aliphatic heterocycles. The van der Waals surface area contributed by atoms with Gasteiger partial charge in [0.1, 0.15) is 11.4 Å². The third-order valence-corrected chi connectivity index (χ3v) is 5.69. The van der Waals surface area contributed by atoms with E-state index in [0.29, 0.717) is 11.1 Å². The van der Waals surface area contributed by atoms with Gasteiger partial charge < -0.3 is 26.1 Å². The van der Waals surface area contributed by atoms with Crippen molar-refractivity contribution in [3.63, 3.8) is 0 Å². The van der Waals surface area contributed by atoms with Gasteiger partial charge in [0.2, 0.25) is 5.89 Å². The number of benzene rings is 1. The second kappa shape index (κ2) is 22.4. The van der Waals surface area contributed by atoms with Gasteiger partial charge in [-0.3, -0.25) is 4.79 Å². The standard InChI is InChI=1S/C11H9NO4S.2C8H19N/c13-9(14)5-6(11(15)17)10-12-7-3-1-2-4-8(7)16-10;2*1-2-3-4-5-6-7-8-9/h1-4,6H,5H2,(H,13,14)(H,15,17);2*2-9H2,1H3. The molecule has 1 unspecified atom stereocenters. The van der Waals surface area contributed by atoms with Crippen LogP contribution in [0.5, 0.6) is 0 Å².